The summed E-state index contributed by atoms with van der Waals surface area (Å²) in [5.41, 5.74) is 2.26. The van der Waals surface area contributed by atoms with Gasteiger partial charge in [0.05, 0.1) is 11.1 Å². The quantitative estimate of drug-likeness (QED) is 0.267. The van der Waals surface area contributed by atoms with E-state index in [4.69, 9.17) is 0 Å². The van der Waals surface area contributed by atoms with Crippen LogP contribution < -0.4 is 5.32 Å². The van der Waals surface area contributed by atoms with Crippen molar-refractivity contribution in [1.29, 1.82) is 0 Å². The number of hydrogen-bond acceptors (Lipinski definition) is 3. The molecule has 1 heterocycles. The van der Waals surface area contributed by atoms with E-state index in [2.05, 4.69) is 10.3 Å². The number of fused-ring (bicyclic) bond motifs is 1. The molecule has 0 amide bonds. The van der Waals surface area contributed by atoms with Crippen molar-refractivity contribution in [1.82, 2.24) is 4.98 Å². The number of benzene rings is 4. The molecular formula is C29H19F3N2O. The number of nitrogens with zero attached hydrogens (tertiary/aromatic N) is 1. The van der Waals surface area contributed by atoms with Gasteiger partial charge in [-0.3, -0.25) is 9.78 Å². The highest BCUT2D eigenvalue weighted by Crippen LogP contribution is 2.39. The van der Waals surface area contributed by atoms with Gasteiger partial charge in [0.15, 0.2) is 5.78 Å². The van der Waals surface area contributed by atoms with Crippen LogP contribution in [0.3, 0.4) is 0 Å². The predicted octanol–water partition coefficient (Wildman–Crippen LogP) is 7.90. The third kappa shape index (κ3) is 4.51. The van der Waals surface area contributed by atoms with Crippen molar-refractivity contribution in [3.8, 4) is 11.1 Å². The lowest BCUT2D eigenvalue weighted by Crippen LogP contribution is -2.09. The monoisotopic (exact) mass is 468 g/mol. The van der Waals surface area contributed by atoms with Gasteiger partial charge in [-0.25, -0.2) is 0 Å². The first-order chi connectivity index (χ1) is 16.9. The number of ketones is 1. The molecule has 5 rings (SSSR count). The van der Waals surface area contributed by atoms with Crippen LogP contribution in [-0.2, 0) is 6.18 Å². The zero-order chi connectivity index (χ0) is 24.4. The summed E-state index contributed by atoms with van der Waals surface area (Å²) in [7, 11) is 0. The van der Waals surface area contributed by atoms with Gasteiger partial charge in [-0.1, -0.05) is 72.8 Å². The number of rotatable bonds is 5. The lowest BCUT2D eigenvalue weighted by Gasteiger charge is -2.16. The average molecular weight is 468 g/mol. The van der Waals surface area contributed by atoms with Gasteiger partial charge in [-0.05, 0) is 35.9 Å². The van der Waals surface area contributed by atoms with Crippen LogP contribution in [0.15, 0.2) is 109 Å². The maximum Gasteiger partial charge on any atom is 0.418 e. The molecule has 0 radical (unpaired) electrons. The Labute approximate surface area is 199 Å². The molecule has 0 bridgehead atoms. The highest BCUT2D eigenvalue weighted by atomic mass is 19.4. The van der Waals surface area contributed by atoms with Gasteiger partial charge in [-0.15, -0.1) is 0 Å². The molecule has 5 aromatic rings. The molecule has 0 fully saturated rings. The first kappa shape index (κ1) is 22.3. The lowest BCUT2D eigenvalue weighted by molar-refractivity contribution is -0.136. The van der Waals surface area contributed by atoms with E-state index in [1.807, 2.05) is 42.5 Å². The molecule has 0 saturated carbocycles. The van der Waals surface area contributed by atoms with Gasteiger partial charge in [0.25, 0.3) is 0 Å². The van der Waals surface area contributed by atoms with Crippen LogP contribution in [0.4, 0.5) is 24.5 Å². The van der Waals surface area contributed by atoms with Crippen LogP contribution in [0.5, 0.6) is 0 Å². The van der Waals surface area contributed by atoms with E-state index in [0.29, 0.717) is 16.7 Å². The van der Waals surface area contributed by atoms with E-state index in [0.717, 1.165) is 17.4 Å². The molecule has 0 aliphatic heterocycles. The second-order valence-corrected chi connectivity index (χ2v) is 8.01. The zero-order valence-corrected chi connectivity index (χ0v) is 18.4. The molecule has 0 aliphatic carbocycles. The Hall–Kier alpha value is -4.45. The zero-order valence-electron chi connectivity index (χ0n) is 18.4. The number of carbonyl (C=O) groups is 1. The van der Waals surface area contributed by atoms with Gasteiger partial charge >= 0.3 is 6.18 Å². The maximum atomic E-state index is 13.8. The van der Waals surface area contributed by atoms with Crippen molar-refractivity contribution >= 4 is 28.1 Å². The van der Waals surface area contributed by atoms with Crippen LogP contribution in [0.1, 0.15) is 21.5 Å². The number of aromatic nitrogens is 1. The van der Waals surface area contributed by atoms with E-state index in [1.165, 1.54) is 12.3 Å². The van der Waals surface area contributed by atoms with Crippen LogP contribution in [0.25, 0.3) is 22.0 Å². The molecule has 3 nitrogen and oxygen atoms in total. The van der Waals surface area contributed by atoms with E-state index >= 15 is 0 Å². The Balaban J connectivity index is 1.73. The highest BCUT2D eigenvalue weighted by molar-refractivity contribution is 6.16. The van der Waals surface area contributed by atoms with Crippen LogP contribution in [0.2, 0.25) is 0 Å². The molecular weight excluding hydrogens is 449 g/mol. The van der Waals surface area contributed by atoms with Crippen LogP contribution in [0, 0.1) is 0 Å². The number of alkyl halides is 3. The second kappa shape index (κ2) is 9.06. The topological polar surface area (TPSA) is 42.0 Å². The number of carbonyl (C=O) groups excluding carboxylic acids is 1. The number of nitrogens with one attached hydrogen (secondary N) is 1. The highest BCUT2D eigenvalue weighted by Gasteiger charge is 2.34. The molecule has 0 saturated heterocycles. The summed E-state index contributed by atoms with van der Waals surface area (Å²) < 4.78 is 41.3. The summed E-state index contributed by atoms with van der Waals surface area (Å²) in [4.78, 5) is 17.6. The van der Waals surface area contributed by atoms with Crippen molar-refractivity contribution in [2.75, 3.05) is 5.32 Å². The first-order valence-corrected chi connectivity index (χ1v) is 10.9. The fraction of sp³-hybridized carbons (Fsp3) is 0.0345. The fourth-order valence-electron chi connectivity index (χ4n) is 4.12. The van der Waals surface area contributed by atoms with Gasteiger partial charge in [-0.2, -0.15) is 13.2 Å². The van der Waals surface area contributed by atoms with E-state index in [9.17, 15) is 18.0 Å². The molecule has 35 heavy (non-hydrogen) atoms. The van der Waals surface area contributed by atoms with Gasteiger partial charge in [0, 0.05) is 39.6 Å². The van der Waals surface area contributed by atoms with Gasteiger partial charge in [0.2, 0.25) is 0 Å². The minimum Gasteiger partial charge on any atom is -0.356 e. The lowest BCUT2D eigenvalue weighted by atomic mass is 9.91. The van der Waals surface area contributed by atoms with E-state index in [-0.39, 0.29) is 22.2 Å². The summed E-state index contributed by atoms with van der Waals surface area (Å²) >= 11 is 0. The Morgan fingerprint density at radius 1 is 0.743 bits per heavy atom. The predicted molar refractivity (Wildman–Crippen MR) is 132 cm³/mol. The van der Waals surface area contributed by atoms with Crippen molar-refractivity contribution < 1.29 is 18.0 Å². The molecule has 1 aromatic heterocycles. The summed E-state index contributed by atoms with van der Waals surface area (Å²) in [6.45, 7) is 0. The summed E-state index contributed by atoms with van der Waals surface area (Å²) in [6, 6.07) is 29.4. The Kier molecular flexibility index (Phi) is 5.79. The van der Waals surface area contributed by atoms with Crippen LogP contribution >= 0.6 is 0 Å². The number of para-hydroxylation sites is 2. The van der Waals surface area contributed by atoms with E-state index < -0.39 is 11.7 Å². The number of anilines is 2. The van der Waals surface area contributed by atoms with Gasteiger partial charge in [0.1, 0.15) is 0 Å². The van der Waals surface area contributed by atoms with E-state index in [1.54, 1.807) is 48.5 Å². The molecule has 1 N–H and O–H groups in total. The second-order valence-electron chi connectivity index (χ2n) is 8.01. The van der Waals surface area contributed by atoms with Crippen molar-refractivity contribution in [2.24, 2.45) is 0 Å². The minimum atomic E-state index is -4.58. The Morgan fingerprint density at radius 2 is 1.40 bits per heavy atom. The summed E-state index contributed by atoms with van der Waals surface area (Å²) in [5, 5.41) is 3.56. The Bertz CT molecular complexity index is 1510. The summed E-state index contributed by atoms with van der Waals surface area (Å²) in [6.07, 6.45) is -3.33. The third-order valence-electron chi connectivity index (χ3n) is 5.70. The Morgan fingerprint density at radius 3 is 2.11 bits per heavy atom. The standard InChI is InChI=1S/C29H19F3N2O/c30-29(31,32)25-16-8-15-23-26(20-11-7-14-22(17-20)34-21-12-5-2-6-13-21)24(18-33-27(23)25)28(35)19-9-3-1-4-10-19/h1-18,34H. The third-order valence-corrected chi connectivity index (χ3v) is 5.70. The van der Waals surface area contributed by atoms with Gasteiger partial charge < -0.3 is 5.32 Å². The molecule has 4 aromatic carbocycles. The van der Waals surface area contributed by atoms with Crippen molar-refractivity contribution in [3.63, 3.8) is 0 Å². The molecule has 0 spiro atoms. The SMILES string of the molecule is O=C(c1ccccc1)c1cnc2c(C(F)(F)F)cccc2c1-c1cccc(Nc2ccccc2)c1. The largest absolute Gasteiger partial charge is 0.418 e. The molecule has 0 atom stereocenters. The molecule has 0 unspecified atom stereocenters. The molecule has 6 heteroatoms. The number of halogens is 3. The smallest absolute Gasteiger partial charge is 0.356 e. The van der Waals surface area contributed by atoms with Crippen LogP contribution in [-0.4, -0.2) is 10.8 Å². The minimum absolute atomic E-state index is 0.193. The fourth-order valence-corrected chi connectivity index (χ4v) is 4.12. The summed E-state index contributed by atoms with van der Waals surface area (Å²) in [5.74, 6) is -0.311. The first-order valence-electron chi connectivity index (χ1n) is 10.9. The van der Waals surface area contributed by atoms with Crippen molar-refractivity contribution in [3.05, 3.63) is 126 Å². The normalized spacial score (nSPS) is 11.4. The maximum absolute atomic E-state index is 13.8. The number of pyridine rings is 1. The number of hydrogen-bond donors (Lipinski definition) is 1. The van der Waals surface area contributed by atoms with Crippen molar-refractivity contribution in [2.45, 2.75) is 6.18 Å². The molecule has 172 valence electrons. The average Bonchev–Trinajstić information content (AvgIpc) is 2.88. The molecule has 0 aliphatic rings.